The summed E-state index contributed by atoms with van der Waals surface area (Å²) in [6, 6.07) is 7.71. The lowest BCUT2D eigenvalue weighted by Crippen LogP contribution is -2.45. The van der Waals surface area contributed by atoms with Crippen molar-refractivity contribution in [3.63, 3.8) is 0 Å². The average Bonchev–Trinajstić information content (AvgIpc) is 2.44. The summed E-state index contributed by atoms with van der Waals surface area (Å²) in [6.07, 6.45) is 0. The zero-order valence-electron chi connectivity index (χ0n) is 12.7. The minimum Gasteiger partial charge on any atom is -0.377 e. The number of hydrogen-bond acceptors (Lipinski definition) is 2. The molecule has 0 saturated heterocycles. The molecule has 0 aliphatic heterocycles. The molecule has 112 valence electrons. The maximum atomic E-state index is 5.87. The Morgan fingerprint density at radius 3 is 2.45 bits per heavy atom. The van der Waals surface area contributed by atoms with E-state index in [1.54, 1.807) is 7.11 Å². The lowest BCUT2D eigenvalue weighted by atomic mass is 10.1. The van der Waals surface area contributed by atoms with Crippen LogP contribution in [0.15, 0.2) is 29.3 Å². The zero-order valence-corrected chi connectivity index (χ0v) is 13.4. The van der Waals surface area contributed by atoms with Crippen molar-refractivity contribution in [2.75, 3.05) is 20.2 Å². The number of rotatable bonds is 6. The van der Waals surface area contributed by atoms with Crippen molar-refractivity contribution in [3.8, 4) is 0 Å². The van der Waals surface area contributed by atoms with Crippen LogP contribution < -0.4 is 10.6 Å². The Morgan fingerprint density at radius 2 is 1.90 bits per heavy atom. The van der Waals surface area contributed by atoms with E-state index in [0.717, 1.165) is 23.1 Å². The van der Waals surface area contributed by atoms with E-state index >= 15 is 0 Å². The summed E-state index contributed by atoms with van der Waals surface area (Å²) in [4.78, 5) is 4.55. The van der Waals surface area contributed by atoms with Crippen molar-refractivity contribution in [1.82, 2.24) is 10.6 Å². The van der Waals surface area contributed by atoms with Crippen LogP contribution in [0.5, 0.6) is 0 Å². The summed E-state index contributed by atoms with van der Waals surface area (Å²) in [5.41, 5.74) is 0.897. The first-order chi connectivity index (χ1) is 9.46. The summed E-state index contributed by atoms with van der Waals surface area (Å²) < 4.78 is 5.38. The molecule has 1 aromatic carbocycles. The molecule has 0 aliphatic rings. The molecule has 0 spiro atoms. The topological polar surface area (TPSA) is 45.7 Å². The Kier molecular flexibility index (Phi) is 6.82. The van der Waals surface area contributed by atoms with Gasteiger partial charge in [-0.3, -0.25) is 0 Å². The van der Waals surface area contributed by atoms with Crippen molar-refractivity contribution < 1.29 is 4.74 Å². The second-order valence-corrected chi connectivity index (χ2v) is 5.58. The van der Waals surface area contributed by atoms with Gasteiger partial charge in [-0.1, -0.05) is 23.7 Å². The van der Waals surface area contributed by atoms with Crippen LogP contribution in [0.2, 0.25) is 5.02 Å². The Morgan fingerprint density at radius 1 is 1.25 bits per heavy atom. The number of benzene rings is 1. The molecule has 1 rings (SSSR count). The van der Waals surface area contributed by atoms with Crippen molar-refractivity contribution in [1.29, 1.82) is 0 Å². The number of nitrogens with one attached hydrogen (secondary N) is 2. The van der Waals surface area contributed by atoms with E-state index in [1.807, 2.05) is 45.0 Å². The fraction of sp³-hybridized carbons (Fsp3) is 0.533. The molecule has 0 radical (unpaired) electrons. The number of aliphatic imine (C=N–C) groups is 1. The van der Waals surface area contributed by atoms with Crippen molar-refractivity contribution in [3.05, 3.63) is 34.9 Å². The van der Waals surface area contributed by atoms with Crippen molar-refractivity contribution >= 4 is 17.6 Å². The first kappa shape index (κ1) is 16.8. The third kappa shape index (κ3) is 6.26. The highest BCUT2D eigenvalue weighted by atomic mass is 35.5. The number of hydrogen-bond donors (Lipinski definition) is 2. The SMILES string of the molecule is CCNC(=NCc1ccc(Cl)cc1)NCC(C)(C)OC. The van der Waals surface area contributed by atoms with Crippen LogP contribution >= 0.6 is 11.6 Å². The predicted octanol–water partition coefficient (Wildman–Crippen LogP) is 2.82. The fourth-order valence-corrected chi connectivity index (χ4v) is 1.60. The van der Waals surface area contributed by atoms with Gasteiger partial charge in [-0.2, -0.15) is 0 Å². The molecule has 2 N–H and O–H groups in total. The molecule has 0 fully saturated rings. The highest BCUT2D eigenvalue weighted by Gasteiger charge is 2.16. The van der Waals surface area contributed by atoms with Crippen LogP contribution in [0.25, 0.3) is 0 Å². The summed E-state index contributed by atoms with van der Waals surface area (Å²) in [6.45, 7) is 8.22. The van der Waals surface area contributed by atoms with Gasteiger partial charge in [-0.05, 0) is 38.5 Å². The molecule has 0 amide bonds. The molecule has 1 aromatic rings. The second-order valence-electron chi connectivity index (χ2n) is 5.14. The van der Waals surface area contributed by atoms with Crippen LogP contribution in [-0.4, -0.2) is 31.8 Å². The normalized spacial score (nSPS) is 12.3. The molecule has 0 heterocycles. The standard InChI is InChI=1S/C15H24ClN3O/c1-5-17-14(19-11-15(2,3)20-4)18-10-12-6-8-13(16)9-7-12/h6-9H,5,10-11H2,1-4H3,(H2,17,18,19). The minimum absolute atomic E-state index is 0.226. The maximum absolute atomic E-state index is 5.87. The summed E-state index contributed by atoms with van der Waals surface area (Å²) >= 11 is 5.87. The van der Waals surface area contributed by atoms with Crippen LogP contribution in [0.4, 0.5) is 0 Å². The number of ether oxygens (including phenoxy) is 1. The molecule has 0 aromatic heterocycles. The van der Waals surface area contributed by atoms with E-state index in [-0.39, 0.29) is 5.60 Å². The van der Waals surface area contributed by atoms with Crippen molar-refractivity contribution in [2.24, 2.45) is 4.99 Å². The van der Waals surface area contributed by atoms with Gasteiger partial charge in [-0.25, -0.2) is 4.99 Å². The number of methoxy groups -OCH3 is 1. The Balaban J connectivity index is 2.60. The van der Waals surface area contributed by atoms with E-state index in [0.29, 0.717) is 13.1 Å². The second kappa shape index (κ2) is 8.12. The van der Waals surface area contributed by atoms with Gasteiger partial charge in [0.05, 0.1) is 12.1 Å². The number of halogens is 1. The minimum atomic E-state index is -0.226. The predicted molar refractivity (Wildman–Crippen MR) is 85.4 cm³/mol. The third-order valence-electron chi connectivity index (χ3n) is 2.91. The first-order valence-electron chi connectivity index (χ1n) is 6.78. The van der Waals surface area contributed by atoms with E-state index < -0.39 is 0 Å². The van der Waals surface area contributed by atoms with Gasteiger partial charge >= 0.3 is 0 Å². The van der Waals surface area contributed by atoms with Gasteiger partial charge in [-0.15, -0.1) is 0 Å². The molecule has 4 nitrogen and oxygen atoms in total. The van der Waals surface area contributed by atoms with Gasteiger partial charge in [0.2, 0.25) is 0 Å². The van der Waals surface area contributed by atoms with Gasteiger partial charge in [0.1, 0.15) is 0 Å². The molecule has 0 saturated carbocycles. The Labute approximate surface area is 126 Å². The average molecular weight is 298 g/mol. The van der Waals surface area contributed by atoms with Crippen molar-refractivity contribution in [2.45, 2.75) is 32.9 Å². The smallest absolute Gasteiger partial charge is 0.191 e. The summed E-state index contributed by atoms with van der Waals surface area (Å²) in [7, 11) is 1.71. The third-order valence-corrected chi connectivity index (χ3v) is 3.16. The van der Waals surface area contributed by atoms with E-state index in [4.69, 9.17) is 16.3 Å². The van der Waals surface area contributed by atoms with E-state index in [2.05, 4.69) is 15.6 Å². The number of guanidine groups is 1. The van der Waals surface area contributed by atoms with Crippen LogP contribution in [0.3, 0.4) is 0 Å². The Hall–Kier alpha value is -1.26. The van der Waals surface area contributed by atoms with Gasteiger partial charge in [0, 0.05) is 25.2 Å². The molecular weight excluding hydrogens is 274 g/mol. The molecular formula is C15H24ClN3O. The van der Waals surface area contributed by atoms with E-state index in [9.17, 15) is 0 Å². The quantitative estimate of drug-likeness (QED) is 0.627. The lowest BCUT2D eigenvalue weighted by Gasteiger charge is -2.24. The van der Waals surface area contributed by atoms with Gasteiger partial charge < -0.3 is 15.4 Å². The van der Waals surface area contributed by atoms with Gasteiger partial charge in [0.15, 0.2) is 5.96 Å². The van der Waals surface area contributed by atoms with Crippen LogP contribution in [0.1, 0.15) is 26.3 Å². The van der Waals surface area contributed by atoms with E-state index in [1.165, 1.54) is 0 Å². The summed E-state index contributed by atoms with van der Waals surface area (Å²) in [5, 5.41) is 7.24. The summed E-state index contributed by atoms with van der Waals surface area (Å²) in [5.74, 6) is 0.785. The Bertz CT molecular complexity index is 429. The lowest BCUT2D eigenvalue weighted by molar-refractivity contribution is 0.0268. The maximum Gasteiger partial charge on any atom is 0.191 e. The first-order valence-corrected chi connectivity index (χ1v) is 7.16. The molecule has 0 atom stereocenters. The molecule has 0 unspecified atom stereocenters. The monoisotopic (exact) mass is 297 g/mol. The molecule has 0 aliphatic carbocycles. The van der Waals surface area contributed by atoms with Crippen LogP contribution in [0, 0.1) is 0 Å². The largest absolute Gasteiger partial charge is 0.377 e. The molecule has 0 bridgehead atoms. The van der Waals surface area contributed by atoms with Crippen LogP contribution in [-0.2, 0) is 11.3 Å². The molecule has 5 heteroatoms. The highest BCUT2D eigenvalue weighted by molar-refractivity contribution is 6.30. The zero-order chi connectivity index (χ0) is 15.0. The number of nitrogens with zero attached hydrogens (tertiary/aromatic N) is 1. The molecule has 20 heavy (non-hydrogen) atoms. The fourth-order valence-electron chi connectivity index (χ4n) is 1.47. The highest BCUT2D eigenvalue weighted by Crippen LogP contribution is 2.10. The van der Waals surface area contributed by atoms with Gasteiger partial charge in [0.25, 0.3) is 0 Å².